The van der Waals surface area contributed by atoms with Gasteiger partial charge >= 0.3 is 0 Å². The Hall–Kier alpha value is -2.78. The van der Waals surface area contributed by atoms with Crippen molar-refractivity contribution in [2.24, 2.45) is 0 Å². The number of hydrogen-bond acceptors (Lipinski definition) is 6. The molecular weight excluding hydrogens is 394 g/mol. The number of ether oxygens (including phenoxy) is 2. The summed E-state index contributed by atoms with van der Waals surface area (Å²) < 4.78 is 36.8. The van der Waals surface area contributed by atoms with Crippen molar-refractivity contribution in [3.63, 3.8) is 0 Å². The van der Waals surface area contributed by atoms with E-state index in [9.17, 15) is 13.2 Å². The molecule has 0 saturated carbocycles. The molecule has 0 heterocycles. The van der Waals surface area contributed by atoms with Gasteiger partial charge in [0, 0.05) is 30.5 Å². The van der Waals surface area contributed by atoms with E-state index >= 15 is 0 Å². The fourth-order valence-corrected chi connectivity index (χ4v) is 4.22. The molecule has 2 rings (SSSR count). The van der Waals surface area contributed by atoms with Crippen LogP contribution in [-0.2, 0) is 14.8 Å². The minimum Gasteiger partial charge on any atom is -0.493 e. The van der Waals surface area contributed by atoms with Crippen molar-refractivity contribution in [3.05, 3.63) is 42.5 Å². The Morgan fingerprint density at radius 1 is 0.931 bits per heavy atom. The van der Waals surface area contributed by atoms with E-state index in [1.54, 1.807) is 51.3 Å². The first-order valence-corrected chi connectivity index (χ1v) is 10.7. The lowest BCUT2D eigenvalue weighted by atomic mass is 10.2. The Balaban J connectivity index is 1.97. The van der Waals surface area contributed by atoms with Gasteiger partial charge in [-0.3, -0.25) is 4.79 Å². The molecule has 0 saturated heterocycles. The highest BCUT2D eigenvalue weighted by molar-refractivity contribution is 7.89. The van der Waals surface area contributed by atoms with Gasteiger partial charge in [0.05, 0.1) is 25.7 Å². The first-order valence-electron chi connectivity index (χ1n) is 9.21. The molecule has 158 valence electrons. The molecule has 29 heavy (non-hydrogen) atoms. The number of hydrogen-bond donors (Lipinski definition) is 2. The van der Waals surface area contributed by atoms with Crippen molar-refractivity contribution in [3.8, 4) is 11.5 Å². The number of sulfonamides is 1. The van der Waals surface area contributed by atoms with Crippen LogP contribution < -0.4 is 20.1 Å². The maximum Gasteiger partial charge on any atom is 0.243 e. The summed E-state index contributed by atoms with van der Waals surface area (Å²) in [6.45, 7) is 4.45. The van der Waals surface area contributed by atoms with Crippen molar-refractivity contribution in [1.82, 2.24) is 4.31 Å². The molecule has 0 unspecified atom stereocenters. The molecule has 1 amide bonds. The standard InChI is InChI=1S/C20H27N3O5S/c1-5-23(6-2)29(25,26)17-10-7-15(8-11-17)21-14-20(24)22-16-9-12-18(27-3)19(13-16)28-4/h7-13,21H,5-6,14H2,1-4H3,(H,22,24). The van der Waals surface area contributed by atoms with E-state index in [0.717, 1.165) is 0 Å². The van der Waals surface area contributed by atoms with Gasteiger partial charge in [0.1, 0.15) is 0 Å². The minimum absolute atomic E-state index is 0.0243. The molecule has 2 aromatic rings. The predicted molar refractivity (Wildman–Crippen MR) is 113 cm³/mol. The van der Waals surface area contributed by atoms with Crippen molar-refractivity contribution in [2.75, 3.05) is 44.5 Å². The first kappa shape index (κ1) is 22.5. The lowest BCUT2D eigenvalue weighted by Gasteiger charge is -2.18. The second-order valence-corrected chi connectivity index (χ2v) is 8.02. The summed E-state index contributed by atoms with van der Waals surface area (Å²) >= 11 is 0. The number of methoxy groups -OCH3 is 2. The zero-order chi connectivity index (χ0) is 21.4. The highest BCUT2D eigenvalue weighted by Crippen LogP contribution is 2.29. The molecule has 0 aromatic heterocycles. The van der Waals surface area contributed by atoms with Crippen molar-refractivity contribution >= 4 is 27.3 Å². The summed E-state index contributed by atoms with van der Waals surface area (Å²) in [5.41, 5.74) is 1.22. The highest BCUT2D eigenvalue weighted by atomic mass is 32.2. The molecule has 2 N–H and O–H groups in total. The largest absolute Gasteiger partial charge is 0.493 e. The van der Waals surface area contributed by atoms with Gasteiger partial charge in [-0.2, -0.15) is 4.31 Å². The Bertz CT molecular complexity index is 926. The van der Waals surface area contributed by atoms with Gasteiger partial charge in [-0.25, -0.2) is 8.42 Å². The number of rotatable bonds is 10. The first-order chi connectivity index (χ1) is 13.8. The number of carbonyl (C=O) groups excluding carboxylic acids is 1. The predicted octanol–water partition coefficient (Wildman–Crippen LogP) is 2.78. The average molecular weight is 422 g/mol. The van der Waals surface area contributed by atoms with Gasteiger partial charge in [0.25, 0.3) is 0 Å². The molecule has 8 nitrogen and oxygen atoms in total. The van der Waals surface area contributed by atoms with E-state index < -0.39 is 10.0 Å². The molecule has 2 aromatic carbocycles. The number of carbonyl (C=O) groups is 1. The number of amides is 1. The Kier molecular flexibility index (Phi) is 7.86. The molecule has 9 heteroatoms. The molecule has 0 radical (unpaired) electrons. The van der Waals surface area contributed by atoms with Crippen LogP contribution in [0.1, 0.15) is 13.8 Å². The summed E-state index contributed by atoms with van der Waals surface area (Å²) in [5.74, 6) is 0.837. The molecule has 0 bridgehead atoms. The number of benzene rings is 2. The van der Waals surface area contributed by atoms with E-state index in [2.05, 4.69) is 10.6 Å². The third kappa shape index (κ3) is 5.61. The topological polar surface area (TPSA) is 97.0 Å². The van der Waals surface area contributed by atoms with Gasteiger partial charge in [0.2, 0.25) is 15.9 Å². The summed E-state index contributed by atoms with van der Waals surface area (Å²) in [6, 6.07) is 11.4. The summed E-state index contributed by atoms with van der Waals surface area (Å²) in [7, 11) is -0.435. The van der Waals surface area contributed by atoms with Crippen LogP contribution in [0.3, 0.4) is 0 Å². The van der Waals surface area contributed by atoms with Gasteiger partial charge in [-0.15, -0.1) is 0 Å². The van der Waals surface area contributed by atoms with Crippen molar-refractivity contribution in [2.45, 2.75) is 18.7 Å². The number of nitrogens with zero attached hydrogens (tertiary/aromatic N) is 1. The lowest BCUT2D eigenvalue weighted by Crippen LogP contribution is -2.30. The highest BCUT2D eigenvalue weighted by Gasteiger charge is 2.21. The molecular formula is C20H27N3O5S. The van der Waals surface area contributed by atoms with E-state index in [4.69, 9.17) is 9.47 Å². The SMILES string of the molecule is CCN(CC)S(=O)(=O)c1ccc(NCC(=O)Nc2ccc(OC)c(OC)c2)cc1. The molecule has 0 fully saturated rings. The second kappa shape index (κ2) is 10.1. The van der Waals surface area contributed by atoms with Gasteiger partial charge < -0.3 is 20.1 Å². The monoisotopic (exact) mass is 421 g/mol. The quantitative estimate of drug-likeness (QED) is 0.612. The fourth-order valence-electron chi connectivity index (χ4n) is 2.76. The van der Waals surface area contributed by atoms with Crippen LogP contribution in [0.15, 0.2) is 47.4 Å². The smallest absolute Gasteiger partial charge is 0.243 e. The van der Waals surface area contributed by atoms with Crippen molar-refractivity contribution < 1.29 is 22.7 Å². The fraction of sp³-hybridized carbons (Fsp3) is 0.350. The Labute approximate surface area is 171 Å². The zero-order valence-corrected chi connectivity index (χ0v) is 17.9. The van der Waals surface area contributed by atoms with Crippen LogP contribution in [0.4, 0.5) is 11.4 Å². The van der Waals surface area contributed by atoms with Gasteiger partial charge in [-0.1, -0.05) is 13.8 Å². The Morgan fingerprint density at radius 3 is 2.07 bits per heavy atom. The normalized spacial score (nSPS) is 11.2. The van der Waals surface area contributed by atoms with E-state index in [1.165, 1.54) is 23.5 Å². The van der Waals surface area contributed by atoms with Crippen LogP contribution >= 0.6 is 0 Å². The van der Waals surface area contributed by atoms with E-state index in [1.807, 2.05) is 0 Å². The average Bonchev–Trinajstić information content (AvgIpc) is 2.73. The van der Waals surface area contributed by atoms with Crippen LogP contribution in [0, 0.1) is 0 Å². The minimum atomic E-state index is -3.50. The number of anilines is 2. The maximum atomic E-state index is 12.5. The van der Waals surface area contributed by atoms with Crippen molar-refractivity contribution in [1.29, 1.82) is 0 Å². The molecule has 0 aliphatic carbocycles. The van der Waals surface area contributed by atoms with Gasteiger partial charge in [0.15, 0.2) is 11.5 Å². The Morgan fingerprint density at radius 2 is 1.52 bits per heavy atom. The third-order valence-corrected chi connectivity index (χ3v) is 6.38. The second-order valence-electron chi connectivity index (χ2n) is 6.09. The summed E-state index contributed by atoms with van der Waals surface area (Å²) in [5, 5.41) is 5.74. The maximum absolute atomic E-state index is 12.5. The molecule has 0 atom stereocenters. The zero-order valence-electron chi connectivity index (χ0n) is 17.1. The van der Waals surface area contributed by atoms with Crippen LogP contribution in [-0.4, -0.2) is 52.5 Å². The molecule has 0 spiro atoms. The van der Waals surface area contributed by atoms with Crippen LogP contribution in [0.25, 0.3) is 0 Å². The molecule has 0 aliphatic heterocycles. The summed E-state index contributed by atoms with van der Waals surface area (Å²) in [6.07, 6.45) is 0. The van der Waals surface area contributed by atoms with Crippen LogP contribution in [0.2, 0.25) is 0 Å². The van der Waals surface area contributed by atoms with Gasteiger partial charge in [-0.05, 0) is 36.4 Å². The third-order valence-electron chi connectivity index (χ3n) is 4.32. The number of nitrogens with one attached hydrogen (secondary N) is 2. The summed E-state index contributed by atoms with van der Waals surface area (Å²) in [4.78, 5) is 12.4. The van der Waals surface area contributed by atoms with Crippen LogP contribution in [0.5, 0.6) is 11.5 Å². The van der Waals surface area contributed by atoms with E-state index in [-0.39, 0.29) is 17.3 Å². The lowest BCUT2D eigenvalue weighted by molar-refractivity contribution is -0.114. The van der Waals surface area contributed by atoms with E-state index in [0.29, 0.717) is 36.0 Å². The molecule has 0 aliphatic rings.